The molecule has 0 amide bonds. The van der Waals surface area contributed by atoms with Crippen molar-refractivity contribution < 1.29 is 0 Å². The number of nitrogen functional groups attached to an aromatic ring is 1. The number of nitrogens with zero attached hydrogens (tertiary/aromatic N) is 1. The fraction of sp³-hybridized carbons (Fsp3) is 0.538. The van der Waals surface area contributed by atoms with Gasteiger partial charge in [-0.3, -0.25) is 4.90 Å². The third kappa shape index (κ3) is 2.50. The van der Waals surface area contributed by atoms with Crippen molar-refractivity contribution in [3.63, 3.8) is 0 Å². The Morgan fingerprint density at radius 3 is 2.94 bits per heavy atom. The number of rotatable bonds is 3. The Balaban J connectivity index is 2.04. The maximum Gasteiger partial charge on any atom is 0.0471 e. The van der Waals surface area contributed by atoms with Crippen LogP contribution in [-0.4, -0.2) is 18.0 Å². The fourth-order valence-electron chi connectivity index (χ4n) is 2.36. The summed E-state index contributed by atoms with van der Waals surface area (Å²) in [6, 6.07) is 5.75. The summed E-state index contributed by atoms with van der Waals surface area (Å²) in [6.45, 7) is 5.50. The van der Waals surface area contributed by atoms with Crippen LogP contribution in [0.4, 0.5) is 5.69 Å². The monoisotopic (exact) mass is 238 g/mol. The second-order valence-corrected chi connectivity index (χ2v) is 5.01. The van der Waals surface area contributed by atoms with Crippen LogP contribution in [0.15, 0.2) is 18.2 Å². The van der Waals surface area contributed by atoms with Crippen LogP contribution in [0, 0.1) is 5.92 Å². The molecule has 0 aromatic heterocycles. The Morgan fingerprint density at radius 2 is 2.31 bits per heavy atom. The van der Waals surface area contributed by atoms with Gasteiger partial charge in [-0.25, -0.2) is 0 Å². The lowest BCUT2D eigenvalue weighted by Crippen LogP contribution is -2.20. The lowest BCUT2D eigenvalue weighted by Gasteiger charge is -2.18. The summed E-state index contributed by atoms with van der Waals surface area (Å²) in [4.78, 5) is 2.45. The summed E-state index contributed by atoms with van der Waals surface area (Å²) >= 11 is 6.17. The predicted molar refractivity (Wildman–Crippen MR) is 69.5 cm³/mol. The average molecular weight is 239 g/mol. The number of hydrogen-bond donors (Lipinski definition) is 1. The van der Waals surface area contributed by atoms with Crippen molar-refractivity contribution in [2.45, 2.75) is 26.3 Å². The molecule has 1 fully saturated rings. The Hall–Kier alpha value is -0.730. The van der Waals surface area contributed by atoms with Crippen LogP contribution in [0.3, 0.4) is 0 Å². The number of halogens is 1. The average Bonchev–Trinajstić information content (AvgIpc) is 2.71. The van der Waals surface area contributed by atoms with Crippen LogP contribution < -0.4 is 5.73 Å². The standard InChI is InChI=1S/C13H19ClN2/c1-2-10-6-7-16(8-10)9-11-12(14)4-3-5-13(11)15/h3-5,10H,2,6-9,15H2,1H3. The van der Waals surface area contributed by atoms with Gasteiger partial charge in [0.15, 0.2) is 0 Å². The minimum atomic E-state index is 0.792. The van der Waals surface area contributed by atoms with E-state index in [1.165, 1.54) is 25.9 Å². The van der Waals surface area contributed by atoms with E-state index in [2.05, 4.69) is 11.8 Å². The van der Waals surface area contributed by atoms with Crippen LogP contribution in [0.2, 0.25) is 5.02 Å². The zero-order valence-electron chi connectivity index (χ0n) is 9.75. The van der Waals surface area contributed by atoms with E-state index in [1.54, 1.807) is 0 Å². The van der Waals surface area contributed by atoms with Crippen molar-refractivity contribution >= 4 is 17.3 Å². The van der Waals surface area contributed by atoms with Gasteiger partial charge >= 0.3 is 0 Å². The van der Waals surface area contributed by atoms with Crippen molar-refractivity contribution in [3.8, 4) is 0 Å². The van der Waals surface area contributed by atoms with Gasteiger partial charge in [-0.15, -0.1) is 0 Å². The predicted octanol–water partition coefficient (Wildman–Crippen LogP) is 3.15. The smallest absolute Gasteiger partial charge is 0.0471 e. The highest BCUT2D eigenvalue weighted by molar-refractivity contribution is 6.31. The molecule has 1 aromatic rings. The van der Waals surface area contributed by atoms with Crippen molar-refractivity contribution in [1.82, 2.24) is 4.90 Å². The van der Waals surface area contributed by atoms with Crippen LogP contribution in [-0.2, 0) is 6.54 Å². The van der Waals surface area contributed by atoms with E-state index < -0.39 is 0 Å². The zero-order valence-corrected chi connectivity index (χ0v) is 10.5. The fourth-order valence-corrected chi connectivity index (χ4v) is 2.60. The largest absolute Gasteiger partial charge is 0.398 e. The number of hydrogen-bond acceptors (Lipinski definition) is 2. The van der Waals surface area contributed by atoms with Gasteiger partial charge < -0.3 is 5.73 Å². The molecule has 16 heavy (non-hydrogen) atoms. The molecule has 1 aliphatic heterocycles. The van der Waals surface area contributed by atoms with Gasteiger partial charge in [0.25, 0.3) is 0 Å². The molecule has 0 aliphatic carbocycles. The van der Waals surface area contributed by atoms with E-state index in [0.717, 1.165) is 28.7 Å². The topological polar surface area (TPSA) is 29.3 Å². The molecule has 2 nitrogen and oxygen atoms in total. The summed E-state index contributed by atoms with van der Waals surface area (Å²) in [5, 5.41) is 0.792. The van der Waals surface area contributed by atoms with E-state index in [4.69, 9.17) is 17.3 Å². The normalized spacial score (nSPS) is 21.5. The van der Waals surface area contributed by atoms with Crippen molar-refractivity contribution in [3.05, 3.63) is 28.8 Å². The van der Waals surface area contributed by atoms with Crippen LogP contribution >= 0.6 is 11.6 Å². The molecule has 0 spiro atoms. The van der Waals surface area contributed by atoms with Gasteiger partial charge in [-0.2, -0.15) is 0 Å². The second kappa shape index (κ2) is 5.07. The molecule has 1 saturated heterocycles. The third-order valence-electron chi connectivity index (χ3n) is 3.48. The molecule has 2 N–H and O–H groups in total. The number of likely N-dealkylation sites (tertiary alicyclic amines) is 1. The Morgan fingerprint density at radius 1 is 1.50 bits per heavy atom. The van der Waals surface area contributed by atoms with Crippen LogP contribution in [0.5, 0.6) is 0 Å². The summed E-state index contributed by atoms with van der Waals surface area (Å²) in [5.41, 5.74) is 7.85. The molecule has 2 rings (SSSR count). The molecular weight excluding hydrogens is 220 g/mol. The summed E-state index contributed by atoms with van der Waals surface area (Å²) < 4.78 is 0. The lowest BCUT2D eigenvalue weighted by atomic mass is 10.1. The Labute approximate surface area is 102 Å². The molecule has 1 aromatic carbocycles. The van der Waals surface area contributed by atoms with Gasteiger partial charge in [0.05, 0.1) is 0 Å². The first-order valence-electron chi connectivity index (χ1n) is 5.96. The molecule has 1 unspecified atom stereocenters. The second-order valence-electron chi connectivity index (χ2n) is 4.61. The van der Waals surface area contributed by atoms with Gasteiger partial charge in [-0.05, 0) is 31.0 Å². The molecule has 88 valence electrons. The zero-order chi connectivity index (χ0) is 11.5. The highest BCUT2D eigenvalue weighted by atomic mass is 35.5. The van der Waals surface area contributed by atoms with Crippen LogP contribution in [0.25, 0.3) is 0 Å². The first-order valence-corrected chi connectivity index (χ1v) is 6.33. The molecular formula is C13H19ClN2. The van der Waals surface area contributed by atoms with Gasteiger partial charge in [0, 0.05) is 29.4 Å². The minimum Gasteiger partial charge on any atom is -0.398 e. The van der Waals surface area contributed by atoms with Crippen molar-refractivity contribution in [1.29, 1.82) is 0 Å². The van der Waals surface area contributed by atoms with Crippen LogP contribution in [0.1, 0.15) is 25.3 Å². The number of benzene rings is 1. The number of nitrogens with two attached hydrogens (primary N) is 1. The summed E-state index contributed by atoms with van der Waals surface area (Å²) in [6.07, 6.45) is 2.58. The molecule has 0 radical (unpaired) electrons. The maximum absolute atomic E-state index is 6.17. The quantitative estimate of drug-likeness (QED) is 0.820. The van der Waals surface area contributed by atoms with Crippen molar-refractivity contribution in [2.24, 2.45) is 5.92 Å². The lowest BCUT2D eigenvalue weighted by molar-refractivity contribution is 0.316. The van der Waals surface area contributed by atoms with Gasteiger partial charge in [0.1, 0.15) is 0 Å². The first kappa shape index (κ1) is 11.7. The van der Waals surface area contributed by atoms with Gasteiger partial charge in [-0.1, -0.05) is 31.0 Å². The SMILES string of the molecule is CCC1CCN(Cc2c(N)cccc2Cl)C1. The number of anilines is 1. The Kier molecular flexibility index (Phi) is 3.72. The van der Waals surface area contributed by atoms with E-state index in [-0.39, 0.29) is 0 Å². The molecule has 0 saturated carbocycles. The maximum atomic E-state index is 6.17. The molecule has 1 heterocycles. The Bertz CT molecular complexity index is 345. The highest BCUT2D eigenvalue weighted by Gasteiger charge is 2.21. The minimum absolute atomic E-state index is 0.792. The third-order valence-corrected chi connectivity index (χ3v) is 3.84. The molecule has 3 heteroatoms. The van der Waals surface area contributed by atoms with Crippen molar-refractivity contribution in [2.75, 3.05) is 18.8 Å². The van der Waals surface area contributed by atoms with E-state index in [9.17, 15) is 0 Å². The van der Waals surface area contributed by atoms with E-state index >= 15 is 0 Å². The molecule has 1 aliphatic rings. The summed E-state index contributed by atoms with van der Waals surface area (Å²) in [5.74, 6) is 0.851. The first-order chi connectivity index (χ1) is 7.70. The summed E-state index contributed by atoms with van der Waals surface area (Å²) in [7, 11) is 0. The van der Waals surface area contributed by atoms with E-state index in [0.29, 0.717) is 0 Å². The molecule has 1 atom stereocenters. The molecule has 0 bridgehead atoms. The van der Waals surface area contributed by atoms with E-state index in [1.807, 2.05) is 18.2 Å². The van der Waals surface area contributed by atoms with Gasteiger partial charge in [0.2, 0.25) is 0 Å². The highest BCUT2D eigenvalue weighted by Crippen LogP contribution is 2.27.